The fraction of sp³-hybridized carbons (Fsp3) is 0.182. The van der Waals surface area contributed by atoms with E-state index >= 15 is 0 Å². The minimum Gasteiger partial charge on any atom is -0.398 e. The highest BCUT2D eigenvalue weighted by atomic mass is 16.1. The lowest BCUT2D eigenvalue weighted by Gasteiger charge is -2.34. The smallest absolute Gasteiger partial charge is 0.255 e. The van der Waals surface area contributed by atoms with Gasteiger partial charge in [-0.05, 0) is 32.0 Å². The molecule has 2 aromatic rings. The van der Waals surface area contributed by atoms with Gasteiger partial charge in [-0.3, -0.25) is 20.0 Å². The number of aryl methyl sites for hydroxylation is 1. The summed E-state index contributed by atoms with van der Waals surface area (Å²) in [4.78, 5) is 28.0. The molecule has 0 saturated carbocycles. The quantitative estimate of drug-likeness (QED) is 0.159. The van der Waals surface area contributed by atoms with Crippen LogP contribution in [-0.2, 0) is 9.59 Å². The monoisotopic (exact) mass is 436 g/mol. The lowest BCUT2D eigenvalue weighted by atomic mass is 10.1. The van der Waals surface area contributed by atoms with Gasteiger partial charge in [0.1, 0.15) is 5.84 Å². The first kappa shape index (κ1) is 24.1. The summed E-state index contributed by atoms with van der Waals surface area (Å²) in [6.45, 7) is 3.93. The van der Waals surface area contributed by atoms with Crippen molar-refractivity contribution in [3.63, 3.8) is 0 Å². The molecule has 1 aliphatic rings. The summed E-state index contributed by atoms with van der Waals surface area (Å²) in [5.41, 5.74) is 15.0. The number of carbonyl (C=O) groups excluding carboxylic acids is 2. The molecule has 0 aliphatic carbocycles. The van der Waals surface area contributed by atoms with E-state index in [0.29, 0.717) is 34.6 Å². The van der Waals surface area contributed by atoms with Crippen molar-refractivity contribution in [3.05, 3.63) is 70.9 Å². The Morgan fingerprint density at radius 1 is 1.19 bits per heavy atom. The largest absolute Gasteiger partial charge is 0.398 e. The highest BCUT2D eigenvalue weighted by Crippen LogP contribution is 2.21. The summed E-state index contributed by atoms with van der Waals surface area (Å²) in [6, 6.07) is 14.9. The van der Waals surface area contributed by atoms with Crippen molar-refractivity contribution < 1.29 is 9.59 Å². The number of hydrogen-bond acceptors (Lipinski definition) is 5. The number of nitrogens with one attached hydrogen (secondary N) is 2. The minimum atomic E-state index is -0.367. The van der Waals surface area contributed by atoms with E-state index in [1.807, 2.05) is 18.2 Å². The topological polar surface area (TPSA) is 167 Å². The van der Waals surface area contributed by atoms with Crippen LogP contribution in [0.15, 0.2) is 64.8 Å². The molecule has 0 saturated heterocycles. The van der Waals surface area contributed by atoms with E-state index in [2.05, 4.69) is 29.4 Å². The number of hydrazine groups is 1. The average molecular weight is 437 g/mol. The zero-order valence-electron chi connectivity index (χ0n) is 18.3. The molecule has 1 aliphatic heterocycles. The van der Waals surface area contributed by atoms with E-state index in [1.54, 1.807) is 26.1 Å². The van der Waals surface area contributed by atoms with Crippen molar-refractivity contribution in [3.8, 4) is 0 Å². The molecule has 1 heterocycles. The van der Waals surface area contributed by atoms with Crippen LogP contribution in [0.2, 0.25) is 0 Å². The van der Waals surface area contributed by atoms with Crippen molar-refractivity contribution in [1.29, 1.82) is 5.41 Å². The zero-order valence-corrected chi connectivity index (χ0v) is 18.3. The number of nitrogens with two attached hydrogens (primary N) is 3. The van der Waals surface area contributed by atoms with E-state index < -0.39 is 0 Å². The predicted molar refractivity (Wildman–Crippen MR) is 127 cm³/mol. The highest BCUT2D eigenvalue weighted by Gasteiger charge is 2.27. The number of carbonyl (C=O) groups is 2. The Kier molecular flexibility index (Phi) is 8.08. The molecule has 2 amide bonds. The molecule has 0 radical (unpaired) electrons. The van der Waals surface area contributed by atoms with Crippen LogP contribution >= 0.6 is 0 Å². The number of amides is 2. The molecule has 0 aromatic heterocycles. The molecule has 3 rings (SSSR count). The molecule has 10 nitrogen and oxygen atoms in total. The van der Waals surface area contributed by atoms with Crippen LogP contribution in [0.25, 0.3) is 0 Å². The molecular weight excluding hydrogens is 408 g/mol. The Morgan fingerprint density at radius 3 is 2.41 bits per heavy atom. The van der Waals surface area contributed by atoms with Crippen LogP contribution in [0, 0.1) is 12.3 Å². The van der Waals surface area contributed by atoms with Crippen LogP contribution in [0.1, 0.15) is 18.1 Å². The summed E-state index contributed by atoms with van der Waals surface area (Å²) in [5.74, 6) is 5.43. The number of hydrogen-bond donors (Lipinski definition) is 5. The van der Waals surface area contributed by atoms with Gasteiger partial charge in [0.15, 0.2) is 0 Å². The van der Waals surface area contributed by atoms with Gasteiger partial charge in [-0.25, -0.2) is 5.84 Å². The molecular formula is C22H28N8O2. The number of allylic oxidation sites excluding steroid dienone is 1. The maximum absolute atomic E-state index is 12.6. The predicted octanol–water partition coefficient (Wildman–Crippen LogP) is 1.39. The Balaban J connectivity index is 0.000000439. The Hall–Kier alpha value is -4.18. The molecule has 0 atom stereocenters. The Labute approximate surface area is 186 Å². The molecule has 0 spiro atoms. The molecule has 0 unspecified atom stereocenters. The Morgan fingerprint density at radius 2 is 1.84 bits per heavy atom. The van der Waals surface area contributed by atoms with Crippen LogP contribution in [0.4, 0.5) is 11.4 Å². The molecule has 0 bridgehead atoms. The first-order chi connectivity index (χ1) is 15.1. The lowest BCUT2D eigenvalue weighted by Crippen LogP contribution is -2.51. The third kappa shape index (κ3) is 5.92. The van der Waals surface area contributed by atoms with Crippen LogP contribution < -0.4 is 22.6 Å². The maximum atomic E-state index is 12.6. The summed E-state index contributed by atoms with van der Waals surface area (Å²) >= 11 is 0. The normalized spacial score (nSPS) is 14.0. The number of nitrogen functional groups attached to an aromatic ring is 1. The molecule has 8 N–H and O–H groups in total. The number of anilines is 2. The third-order valence-corrected chi connectivity index (χ3v) is 4.85. The second-order valence-electron chi connectivity index (χ2n) is 7.11. The van der Waals surface area contributed by atoms with Gasteiger partial charge in [0.2, 0.25) is 12.4 Å². The number of aliphatic imine (C=N–C) groups is 1. The van der Waals surface area contributed by atoms with Gasteiger partial charge in [0.05, 0.1) is 12.1 Å². The summed E-state index contributed by atoms with van der Waals surface area (Å²) < 4.78 is 0. The van der Waals surface area contributed by atoms with Gasteiger partial charge in [0.25, 0.3) is 5.91 Å². The maximum Gasteiger partial charge on any atom is 0.255 e. The molecule has 0 fully saturated rings. The van der Waals surface area contributed by atoms with Crippen LogP contribution in [-0.4, -0.2) is 47.6 Å². The second kappa shape index (κ2) is 10.7. The zero-order chi connectivity index (χ0) is 23.8. The van der Waals surface area contributed by atoms with E-state index in [1.165, 1.54) is 21.5 Å². The standard InChI is InChI=1S/C15H20N8O2.C7H8/c1-8-11(6-23(19)15(18)22(8)2)14(25)21-9-3-4-12(16)10(5-9)13(17)20-7-24;1-7-5-3-2-4-6-7/h3-5,7,18H,6,16,19H2,1-2H3,(H,21,25)(H2,17,20,24);2-6H,1H3. The van der Waals surface area contributed by atoms with Crippen molar-refractivity contribution in [2.75, 3.05) is 24.6 Å². The number of rotatable bonds is 4. The number of guanidine groups is 1. The van der Waals surface area contributed by atoms with Crippen LogP contribution in [0.3, 0.4) is 0 Å². The second-order valence-corrected chi connectivity index (χ2v) is 7.11. The van der Waals surface area contributed by atoms with E-state index in [-0.39, 0.29) is 24.2 Å². The van der Waals surface area contributed by atoms with E-state index in [0.717, 1.165) is 0 Å². The lowest BCUT2D eigenvalue weighted by molar-refractivity contribution is -0.113. The minimum absolute atomic E-state index is 0.0435. The Bertz CT molecular complexity index is 1060. The number of nitrogens with zero attached hydrogens (tertiary/aromatic N) is 3. The van der Waals surface area contributed by atoms with Crippen molar-refractivity contribution in [1.82, 2.24) is 9.91 Å². The van der Waals surface area contributed by atoms with Crippen LogP contribution in [0.5, 0.6) is 0 Å². The molecule has 10 heteroatoms. The summed E-state index contributed by atoms with van der Waals surface area (Å²) in [7, 11) is 1.65. The van der Waals surface area contributed by atoms with Gasteiger partial charge >= 0.3 is 0 Å². The molecule has 168 valence electrons. The fourth-order valence-electron chi connectivity index (χ4n) is 2.87. The van der Waals surface area contributed by atoms with Crippen molar-refractivity contribution >= 4 is 35.5 Å². The molecule has 32 heavy (non-hydrogen) atoms. The van der Waals surface area contributed by atoms with Gasteiger partial charge in [0, 0.05) is 29.7 Å². The first-order valence-corrected chi connectivity index (χ1v) is 9.69. The van der Waals surface area contributed by atoms with Gasteiger partial charge in [-0.15, -0.1) is 0 Å². The summed E-state index contributed by atoms with van der Waals surface area (Å²) in [5, 5.41) is 11.7. The van der Waals surface area contributed by atoms with Crippen molar-refractivity contribution in [2.45, 2.75) is 13.8 Å². The average Bonchev–Trinajstić information content (AvgIpc) is 2.77. The summed E-state index contributed by atoms with van der Waals surface area (Å²) in [6.07, 6.45) is 0.316. The molecule has 2 aromatic carbocycles. The number of amidine groups is 1. The van der Waals surface area contributed by atoms with E-state index in [4.69, 9.17) is 22.7 Å². The fourth-order valence-corrected chi connectivity index (χ4v) is 2.87. The van der Waals surface area contributed by atoms with Gasteiger partial charge in [-0.1, -0.05) is 35.9 Å². The van der Waals surface area contributed by atoms with Crippen molar-refractivity contribution in [2.24, 2.45) is 16.6 Å². The van der Waals surface area contributed by atoms with E-state index in [9.17, 15) is 9.59 Å². The SMILES string of the molecule is CC1=C(C(=O)Nc2ccc(N)c(C(N)=NC=O)c2)CN(N)C(=N)N1C.Cc1ccccc1. The van der Waals surface area contributed by atoms with Gasteiger partial charge in [-0.2, -0.15) is 4.99 Å². The first-order valence-electron chi connectivity index (χ1n) is 9.69. The van der Waals surface area contributed by atoms with Gasteiger partial charge < -0.3 is 21.7 Å². The third-order valence-electron chi connectivity index (χ3n) is 4.85. The highest BCUT2D eigenvalue weighted by molar-refractivity contribution is 6.08. The number of benzene rings is 2.